The zero-order valence-electron chi connectivity index (χ0n) is 16.9. The Morgan fingerprint density at radius 1 is 1.14 bits per heavy atom. The van der Waals surface area contributed by atoms with E-state index in [4.69, 9.17) is 4.74 Å². The Morgan fingerprint density at radius 3 is 2.43 bits per heavy atom. The third kappa shape index (κ3) is 4.50. The van der Waals surface area contributed by atoms with Crippen LogP contribution in [-0.2, 0) is 9.53 Å². The van der Waals surface area contributed by atoms with E-state index < -0.39 is 11.7 Å². The molecule has 2 heterocycles. The zero-order chi connectivity index (χ0) is 20.3. The number of carbonyl (C=O) groups excluding carboxylic acids is 2. The lowest BCUT2D eigenvalue weighted by Crippen LogP contribution is -2.34. The first-order valence-corrected chi connectivity index (χ1v) is 9.57. The van der Waals surface area contributed by atoms with Gasteiger partial charge in [0.25, 0.3) is 0 Å². The van der Waals surface area contributed by atoms with Crippen molar-refractivity contribution in [2.24, 2.45) is 0 Å². The molecule has 1 fully saturated rings. The van der Waals surface area contributed by atoms with Gasteiger partial charge in [0.15, 0.2) is 0 Å². The molecule has 1 atom stereocenters. The second-order valence-electron chi connectivity index (χ2n) is 7.97. The molecule has 0 saturated carbocycles. The number of rotatable bonds is 3. The molecule has 28 heavy (non-hydrogen) atoms. The summed E-state index contributed by atoms with van der Waals surface area (Å²) in [5, 5.41) is 0. The molecule has 3 rings (SSSR count). The van der Waals surface area contributed by atoms with Crippen LogP contribution in [0.1, 0.15) is 52.1 Å². The molecule has 1 aliphatic rings. The van der Waals surface area contributed by atoms with Gasteiger partial charge in [-0.25, -0.2) is 14.7 Å². The largest absolute Gasteiger partial charge is 0.443 e. The van der Waals surface area contributed by atoms with Gasteiger partial charge >= 0.3 is 6.09 Å². The average Bonchev–Trinajstić information content (AvgIpc) is 3.12. The Balaban J connectivity index is 1.90. The van der Waals surface area contributed by atoms with Crippen LogP contribution in [0.15, 0.2) is 48.7 Å². The SMILES string of the molecule is CC(=O)N1CCCC1c1ccc(N(C(=O)OC(C)(C)C)c2ccccc2)nc1. The molecular formula is C22H27N3O3. The van der Waals surface area contributed by atoms with Gasteiger partial charge in [0, 0.05) is 19.7 Å². The molecule has 1 aromatic heterocycles. The van der Waals surface area contributed by atoms with E-state index in [9.17, 15) is 9.59 Å². The van der Waals surface area contributed by atoms with E-state index in [2.05, 4.69) is 4.98 Å². The monoisotopic (exact) mass is 381 g/mol. The fourth-order valence-electron chi connectivity index (χ4n) is 3.43. The molecule has 0 spiro atoms. The van der Waals surface area contributed by atoms with Gasteiger partial charge in [-0.3, -0.25) is 4.79 Å². The van der Waals surface area contributed by atoms with Gasteiger partial charge in [-0.05, 0) is 57.4 Å². The molecule has 6 nitrogen and oxygen atoms in total. The lowest BCUT2D eigenvalue weighted by atomic mass is 10.1. The number of hydrogen-bond donors (Lipinski definition) is 0. The number of hydrogen-bond acceptors (Lipinski definition) is 4. The van der Waals surface area contributed by atoms with E-state index in [0.29, 0.717) is 11.5 Å². The molecular weight excluding hydrogens is 354 g/mol. The number of aromatic nitrogens is 1. The second kappa shape index (κ2) is 8.00. The maximum Gasteiger partial charge on any atom is 0.420 e. The first-order valence-electron chi connectivity index (χ1n) is 9.57. The first-order chi connectivity index (χ1) is 13.3. The van der Waals surface area contributed by atoms with Crippen LogP contribution in [0, 0.1) is 0 Å². The lowest BCUT2D eigenvalue weighted by Gasteiger charge is -2.27. The summed E-state index contributed by atoms with van der Waals surface area (Å²) in [5.41, 5.74) is 1.05. The van der Waals surface area contributed by atoms with Crippen molar-refractivity contribution in [1.29, 1.82) is 0 Å². The summed E-state index contributed by atoms with van der Waals surface area (Å²) in [4.78, 5) is 32.6. The standard InChI is InChI=1S/C22H27N3O3/c1-16(26)24-14-8-11-19(24)17-12-13-20(23-15-17)25(18-9-6-5-7-10-18)21(27)28-22(2,3)4/h5-7,9-10,12-13,15,19H,8,11,14H2,1-4H3. The third-order valence-corrected chi connectivity index (χ3v) is 4.63. The van der Waals surface area contributed by atoms with Crippen LogP contribution in [0.2, 0.25) is 0 Å². The molecule has 2 aromatic rings. The van der Waals surface area contributed by atoms with E-state index in [1.54, 1.807) is 13.1 Å². The normalized spacial score (nSPS) is 16.7. The van der Waals surface area contributed by atoms with Crippen molar-refractivity contribution in [1.82, 2.24) is 9.88 Å². The van der Waals surface area contributed by atoms with Crippen LogP contribution < -0.4 is 4.90 Å². The predicted octanol–water partition coefficient (Wildman–Crippen LogP) is 4.84. The molecule has 0 bridgehead atoms. The van der Waals surface area contributed by atoms with Gasteiger partial charge in [0.1, 0.15) is 11.4 Å². The first kappa shape index (κ1) is 19.9. The maximum absolute atomic E-state index is 12.9. The Kier molecular flexibility index (Phi) is 5.68. The summed E-state index contributed by atoms with van der Waals surface area (Å²) in [6.07, 6.45) is 3.18. The lowest BCUT2D eigenvalue weighted by molar-refractivity contribution is -0.129. The van der Waals surface area contributed by atoms with Crippen molar-refractivity contribution in [3.63, 3.8) is 0 Å². The Labute approximate surface area is 166 Å². The molecule has 1 saturated heterocycles. The number of benzene rings is 1. The number of amides is 2. The Morgan fingerprint density at radius 2 is 1.86 bits per heavy atom. The second-order valence-corrected chi connectivity index (χ2v) is 7.97. The summed E-state index contributed by atoms with van der Waals surface area (Å²) in [7, 11) is 0. The van der Waals surface area contributed by atoms with Crippen molar-refractivity contribution < 1.29 is 14.3 Å². The number of likely N-dealkylation sites (tertiary alicyclic amines) is 1. The van der Waals surface area contributed by atoms with E-state index in [-0.39, 0.29) is 11.9 Å². The molecule has 0 aliphatic carbocycles. The van der Waals surface area contributed by atoms with Crippen molar-refractivity contribution in [3.8, 4) is 0 Å². The predicted molar refractivity (Wildman–Crippen MR) is 108 cm³/mol. The van der Waals surface area contributed by atoms with Crippen LogP contribution in [0.25, 0.3) is 0 Å². The zero-order valence-corrected chi connectivity index (χ0v) is 16.9. The van der Waals surface area contributed by atoms with Crippen LogP contribution in [0.4, 0.5) is 16.3 Å². The molecule has 0 radical (unpaired) electrons. The number of ether oxygens (including phenoxy) is 1. The molecule has 6 heteroatoms. The quantitative estimate of drug-likeness (QED) is 0.763. The van der Waals surface area contributed by atoms with Crippen LogP contribution in [0.3, 0.4) is 0 Å². The van der Waals surface area contributed by atoms with Crippen molar-refractivity contribution in [3.05, 3.63) is 54.2 Å². The molecule has 0 N–H and O–H groups in total. The molecule has 2 amide bonds. The average molecular weight is 381 g/mol. The summed E-state index contributed by atoms with van der Waals surface area (Å²) in [5.74, 6) is 0.558. The van der Waals surface area contributed by atoms with E-state index in [0.717, 1.165) is 24.9 Å². The highest BCUT2D eigenvalue weighted by molar-refractivity contribution is 5.95. The topological polar surface area (TPSA) is 62.7 Å². The van der Waals surface area contributed by atoms with Gasteiger partial charge in [-0.1, -0.05) is 24.3 Å². The molecule has 1 aliphatic heterocycles. The summed E-state index contributed by atoms with van der Waals surface area (Å²) < 4.78 is 5.58. The van der Waals surface area contributed by atoms with E-state index in [1.165, 1.54) is 4.90 Å². The Hall–Kier alpha value is -2.89. The molecule has 148 valence electrons. The Bertz CT molecular complexity index is 828. The third-order valence-electron chi connectivity index (χ3n) is 4.63. The highest BCUT2D eigenvalue weighted by atomic mass is 16.6. The highest BCUT2D eigenvalue weighted by Gasteiger charge is 2.29. The minimum Gasteiger partial charge on any atom is -0.443 e. The van der Waals surface area contributed by atoms with Crippen molar-refractivity contribution >= 4 is 23.5 Å². The minimum absolute atomic E-state index is 0.0470. The van der Waals surface area contributed by atoms with Gasteiger partial charge in [0.05, 0.1) is 11.7 Å². The van der Waals surface area contributed by atoms with Gasteiger partial charge < -0.3 is 9.64 Å². The number of carbonyl (C=O) groups is 2. The van der Waals surface area contributed by atoms with Gasteiger partial charge in [0.2, 0.25) is 5.91 Å². The number of para-hydroxylation sites is 1. The minimum atomic E-state index is -0.615. The summed E-state index contributed by atoms with van der Waals surface area (Å²) in [6, 6.07) is 13.1. The number of anilines is 2. The van der Waals surface area contributed by atoms with Gasteiger partial charge in [-0.2, -0.15) is 0 Å². The smallest absolute Gasteiger partial charge is 0.420 e. The number of pyridine rings is 1. The maximum atomic E-state index is 12.9. The summed E-state index contributed by atoms with van der Waals surface area (Å²) >= 11 is 0. The van der Waals surface area contributed by atoms with Crippen LogP contribution in [-0.4, -0.2) is 34.0 Å². The van der Waals surface area contributed by atoms with E-state index in [1.807, 2.05) is 68.1 Å². The molecule has 1 unspecified atom stereocenters. The van der Waals surface area contributed by atoms with E-state index >= 15 is 0 Å². The van der Waals surface area contributed by atoms with Crippen molar-refractivity contribution in [2.45, 2.75) is 52.2 Å². The number of nitrogens with zero attached hydrogens (tertiary/aromatic N) is 3. The van der Waals surface area contributed by atoms with Gasteiger partial charge in [-0.15, -0.1) is 0 Å². The fraction of sp³-hybridized carbons (Fsp3) is 0.409. The summed E-state index contributed by atoms with van der Waals surface area (Å²) in [6.45, 7) is 7.87. The van der Waals surface area contributed by atoms with Crippen LogP contribution >= 0.6 is 0 Å². The fourth-order valence-corrected chi connectivity index (χ4v) is 3.43. The van der Waals surface area contributed by atoms with Crippen molar-refractivity contribution in [2.75, 3.05) is 11.4 Å². The highest BCUT2D eigenvalue weighted by Crippen LogP contribution is 2.33. The molecule has 1 aromatic carbocycles. The van der Waals surface area contributed by atoms with Crippen LogP contribution in [0.5, 0.6) is 0 Å².